The summed E-state index contributed by atoms with van der Waals surface area (Å²) in [6.45, 7) is 0.288. The van der Waals surface area contributed by atoms with E-state index in [0.717, 1.165) is 5.69 Å². The predicted octanol–water partition coefficient (Wildman–Crippen LogP) is 3.30. The molecule has 112 valence electrons. The molecule has 2 amide bonds. The molecule has 0 saturated carbocycles. The number of rotatable bonds is 4. The highest BCUT2D eigenvalue weighted by Gasteiger charge is 2.06. The van der Waals surface area contributed by atoms with Crippen LogP contribution in [0.2, 0.25) is 5.02 Å². The van der Waals surface area contributed by atoms with Gasteiger partial charge in [-0.2, -0.15) is 11.3 Å². The lowest BCUT2D eigenvalue weighted by molar-refractivity contribution is 0.251. The van der Waals surface area contributed by atoms with Gasteiger partial charge in [-0.3, -0.25) is 0 Å². The van der Waals surface area contributed by atoms with Gasteiger partial charge in [-0.25, -0.2) is 9.48 Å². The molecule has 0 aliphatic heterocycles. The first kappa shape index (κ1) is 14.6. The maximum Gasteiger partial charge on any atom is 0.319 e. The van der Waals surface area contributed by atoms with Gasteiger partial charge in [0.1, 0.15) is 5.69 Å². The average Bonchev–Trinajstić information content (AvgIpc) is 3.16. The van der Waals surface area contributed by atoms with Gasteiger partial charge in [-0.1, -0.05) is 22.9 Å². The number of carbonyl (C=O) groups excluding carboxylic acids is 1. The Morgan fingerprint density at radius 2 is 2.27 bits per heavy atom. The first-order chi connectivity index (χ1) is 10.7. The van der Waals surface area contributed by atoms with Crippen molar-refractivity contribution in [3.8, 4) is 5.69 Å². The van der Waals surface area contributed by atoms with Crippen LogP contribution in [0.25, 0.3) is 5.69 Å². The molecule has 6 nitrogen and oxygen atoms in total. The molecule has 2 aromatic heterocycles. The van der Waals surface area contributed by atoms with E-state index < -0.39 is 0 Å². The zero-order valence-electron chi connectivity index (χ0n) is 11.4. The maximum atomic E-state index is 11.8. The number of anilines is 1. The van der Waals surface area contributed by atoms with E-state index in [4.69, 9.17) is 11.6 Å². The zero-order valence-corrected chi connectivity index (χ0v) is 12.9. The van der Waals surface area contributed by atoms with E-state index in [9.17, 15) is 4.79 Å². The molecule has 2 N–H and O–H groups in total. The lowest BCUT2D eigenvalue weighted by Gasteiger charge is -2.06. The van der Waals surface area contributed by atoms with Gasteiger partial charge in [0, 0.05) is 16.1 Å². The number of hydrogen-bond acceptors (Lipinski definition) is 4. The summed E-state index contributed by atoms with van der Waals surface area (Å²) in [6.07, 6.45) is 1.78. The number of carbonyl (C=O) groups is 1. The van der Waals surface area contributed by atoms with Crippen LogP contribution in [0.5, 0.6) is 0 Å². The van der Waals surface area contributed by atoms with E-state index in [1.807, 2.05) is 16.8 Å². The molecular formula is C14H12ClN5OS. The predicted molar refractivity (Wildman–Crippen MR) is 86.5 cm³/mol. The lowest BCUT2D eigenvalue weighted by atomic mass is 10.3. The molecule has 8 heteroatoms. The van der Waals surface area contributed by atoms with Crippen LogP contribution in [0.15, 0.2) is 47.3 Å². The van der Waals surface area contributed by atoms with Crippen molar-refractivity contribution in [2.24, 2.45) is 0 Å². The Bertz CT molecular complexity index is 771. The standard InChI is InChI=1S/C14H12ClN5OS/c15-10-2-1-3-11(6-10)17-14(21)16-7-12-8-20(19-18-12)13-4-5-22-9-13/h1-6,8-9H,7H2,(H2,16,17,21). The average molecular weight is 334 g/mol. The van der Waals surface area contributed by atoms with Gasteiger partial charge in [0.25, 0.3) is 0 Å². The highest BCUT2D eigenvalue weighted by atomic mass is 35.5. The summed E-state index contributed by atoms with van der Waals surface area (Å²) in [6, 6.07) is 8.57. The summed E-state index contributed by atoms with van der Waals surface area (Å²) >= 11 is 7.45. The van der Waals surface area contributed by atoms with Crippen LogP contribution in [0, 0.1) is 0 Å². The summed E-state index contributed by atoms with van der Waals surface area (Å²) < 4.78 is 1.67. The summed E-state index contributed by atoms with van der Waals surface area (Å²) in [4.78, 5) is 11.8. The van der Waals surface area contributed by atoms with E-state index in [1.165, 1.54) is 0 Å². The molecule has 0 saturated heterocycles. The van der Waals surface area contributed by atoms with E-state index in [0.29, 0.717) is 16.4 Å². The number of urea groups is 1. The van der Waals surface area contributed by atoms with Gasteiger partial charge in [0.15, 0.2) is 0 Å². The molecule has 0 unspecified atom stereocenters. The highest BCUT2D eigenvalue weighted by molar-refractivity contribution is 7.08. The second-order valence-electron chi connectivity index (χ2n) is 4.45. The van der Waals surface area contributed by atoms with Gasteiger partial charge in [0.05, 0.1) is 18.4 Å². The van der Waals surface area contributed by atoms with E-state index >= 15 is 0 Å². The molecule has 22 heavy (non-hydrogen) atoms. The summed E-state index contributed by atoms with van der Waals surface area (Å²) in [5, 5.41) is 18.0. The second-order valence-corrected chi connectivity index (χ2v) is 5.67. The van der Waals surface area contributed by atoms with Crippen molar-refractivity contribution >= 4 is 34.7 Å². The Labute approximate surface area is 135 Å². The summed E-state index contributed by atoms with van der Waals surface area (Å²) in [5.41, 5.74) is 2.26. The largest absolute Gasteiger partial charge is 0.332 e. The van der Waals surface area contributed by atoms with Crippen molar-refractivity contribution < 1.29 is 4.79 Å². The number of benzene rings is 1. The van der Waals surface area contributed by atoms with Crippen LogP contribution in [0.1, 0.15) is 5.69 Å². The molecular weight excluding hydrogens is 322 g/mol. The highest BCUT2D eigenvalue weighted by Crippen LogP contribution is 2.14. The molecule has 3 rings (SSSR count). The monoisotopic (exact) mass is 333 g/mol. The van der Waals surface area contributed by atoms with E-state index in [-0.39, 0.29) is 12.6 Å². The van der Waals surface area contributed by atoms with Crippen molar-refractivity contribution in [3.05, 3.63) is 58.0 Å². The Hall–Kier alpha value is -2.38. The molecule has 0 aliphatic rings. The number of halogens is 1. The van der Waals surface area contributed by atoms with Gasteiger partial charge < -0.3 is 10.6 Å². The second kappa shape index (κ2) is 6.59. The molecule has 2 heterocycles. The molecule has 0 fully saturated rings. The molecule has 0 radical (unpaired) electrons. The maximum absolute atomic E-state index is 11.8. The van der Waals surface area contributed by atoms with Crippen LogP contribution in [0.3, 0.4) is 0 Å². The fourth-order valence-electron chi connectivity index (χ4n) is 1.81. The summed E-state index contributed by atoms with van der Waals surface area (Å²) in [7, 11) is 0. The van der Waals surface area contributed by atoms with E-state index in [2.05, 4.69) is 20.9 Å². The van der Waals surface area contributed by atoms with Crippen molar-refractivity contribution in [2.45, 2.75) is 6.54 Å². The third-order valence-corrected chi connectivity index (χ3v) is 3.73. The Kier molecular flexibility index (Phi) is 4.36. The minimum atomic E-state index is -0.327. The number of amides is 2. The van der Waals surface area contributed by atoms with Crippen molar-refractivity contribution in [2.75, 3.05) is 5.32 Å². The zero-order chi connectivity index (χ0) is 15.4. The molecule has 1 aromatic carbocycles. The fraction of sp³-hybridized carbons (Fsp3) is 0.0714. The third kappa shape index (κ3) is 3.63. The summed E-state index contributed by atoms with van der Waals surface area (Å²) in [5.74, 6) is 0. The Morgan fingerprint density at radius 1 is 1.36 bits per heavy atom. The van der Waals surface area contributed by atoms with Crippen LogP contribution in [-0.4, -0.2) is 21.0 Å². The lowest BCUT2D eigenvalue weighted by Crippen LogP contribution is -2.28. The molecule has 0 spiro atoms. The van der Waals surface area contributed by atoms with Gasteiger partial charge in [-0.05, 0) is 29.6 Å². The topological polar surface area (TPSA) is 71.8 Å². The normalized spacial score (nSPS) is 10.4. The van der Waals surface area contributed by atoms with Crippen molar-refractivity contribution in [1.29, 1.82) is 0 Å². The number of nitrogens with zero attached hydrogens (tertiary/aromatic N) is 3. The van der Waals surface area contributed by atoms with Gasteiger partial charge >= 0.3 is 6.03 Å². The van der Waals surface area contributed by atoms with E-state index in [1.54, 1.807) is 46.5 Å². The first-order valence-electron chi connectivity index (χ1n) is 6.45. The molecule has 0 aliphatic carbocycles. The minimum absolute atomic E-state index is 0.288. The first-order valence-corrected chi connectivity index (χ1v) is 7.77. The molecule has 0 bridgehead atoms. The number of hydrogen-bond donors (Lipinski definition) is 2. The molecule has 0 atom stereocenters. The van der Waals surface area contributed by atoms with Crippen LogP contribution in [-0.2, 0) is 6.54 Å². The number of nitrogens with one attached hydrogen (secondary N) is 2. The van der Waals surface area contributed by atoms with Crippen molar-refractivity contribution in [1.82, 2.24) is 20.3 Å². The van der Waals surface area contributed by atoms with Crippen LogP contribution < -0.4 is 10.6 Å². The van der Waals surface area contributed by atoms with Crippen molar-refractivity contribution in [3.63, 3.8) is 0 Å². The van der Waals surface area contributed by atoms with Crippen LogP contribution >= 0.6 is 22.9 Å². The quantitative estimate of drug-likeness (QED) is 0.769. The third-order valence-electron chi connectivity index (χ3n) is 2.82. The Balaban J connectivity index is 1.55. The SMILES string of the molecule is O=C(NCc1cn(-c2ccsc2)nn1)Nc1cccc(Cl)c1. The Morgan fingerprint density at radius 3 is 3.05 bits per heavy atom. The number of aromatic nitrogens is 3. The van der Waals surface area contributed by atoms with Gasteiger partial charge in [0.2, 0.25) is 0 Å². The molecule has 3 aromatic rings. The smallest absolute Gasteiger partial charge is 0.319 e. The van der Waals surface area contributed by atoms with Gasteiger partial charge in [-0.15, -0.1) is 5.10 Å². The minimum Gasteiger partial charge on any atom is -0.332 e. The fourth-order valence-corrected chi connectivity index (χ4v) is 2.62. The van der Waals surface area contributed by atoms with Crippen LogP contribution in [0.4, 0.5) is 10.5 Å². The number of thiophene rings is 1.